The van der Waals surface area contributed by atoms with Crippen molar-refractivity contribution in [3.05, 3.63) is 47.2 Å². The Kier molecular flexibility index (Phi) is 5.11. The molecule has 0 radical (unpaired) electrons. The van der Waals surface area contributed by atoms with E-state index in [0.29, 0.717) is 29.0 Å². The van der Waals surface area contributed by atoms with Gasteiger partial charge in [-0.1, -0.05) is 11.6 Å². The van der Waals surface area contributed by atoms with Gasteiger partial charge in [0, 0.05) is 24.6 Å². The highest BCUT2D eigenvalue weighted by Crippen LogP contribution is 2.32. The van der Waals surface area contributed by atoms with E-state index in [4.69, 9.17) is 16.3 Å². The van der Waals surface area contributed by atoms with Gasteiger partial charge >= 0.3 is 0 Å². The number of aryl methyl sites for hydroxylation is 1. The van der Waals surface area contributed by atoms with E-state index >= 15 is 0 Å². The average molecular weight is 348 g/mol. The van der Waals surface area contributed by atoms with Crippen molar-refractivity contribution >= 4 is 23.2 Å². The van der Waals surface area contributed by atoms with Crippen LogP contribution in [0.2, 0.25) is 5.02 Å². The van der Waals surface area contributed by atoms with E-state index < -0.39 is 0 Å². The minimum atomic E-state index is -0.0302. The number of hydrogen-bond acceptors (Lipinski definition) is 3. The summed E-state index contributed by atoms with van der Waals surface area (Å²) in [5, 5.41) is 3.40. The molecule has 0 aliphatic carbocycles. The minimum absolute atomic E-state index is 0.0302. The van der Waals surface area contributed by atoms with E-state index in [1.807, 2.05) is 19.3 Å². The van der Waals surface area contributed by atoms with Gasteiger partial charge < -0.3 is 14.6 Å². The molecular weight excluding hydrogens is 326 g/mol. The number of halogens is 1. The van der Waals surface area contributed by atoms with Crippen molar-refractivity contribution in [2.45, 2.75) is 18.9 Å². The first-order valence-corrected chi connectivity index (χ1v) is 8.45. The predicted molar refractivity (Wildman–Crippen MR) is 95.6 cm³/mol. The Balaban J connectivity index is 1.64. The Morgan fingerprint density at radius 3 is 2.92 bits per heavy atom. The number of nitrogens with zero attached hydrogens (tertiary/aromatic N) is 2. The van der Waals surface area contributed by atoms with Gasteiger partial charge in [-0.05, 0) is 49.7 Å². The molecule has 1 aromatic carbocycles. The summed E-state index contributed by atoms with van der Waals surface area (Å²) in [6.07, 6.45) is 4.24. The van der Waals surface area contributed by atoms with Gasteiger partial charge in [-0.2, -0.15) is 0 Å². The van der Waals surface area contributed by atoms with Crippen molar-refractivity contribution in [3.63, 3.8) is 0 Å². The molecule has 1 atom stereocenters. The van der Waals surface area contributed by atoms with Crippen LogP contribution >= 0.6 is 11.6 Å². The maximum Gasteiger partial charge on any atom is 0.238 e. The zero-order valence-electron chi connectivity index (χ0n) is 14.0. The molecule has 3 rings (SSSR count). The third kappa shape index (κ3) is 3.57. The summed E-state index contributed by atoms with van der Waals surface area (Å²) in [7, 11) is 3.61. The van der Waals surface area contributed by atoms with Crippen molar-refractivity contribution in [1.82, 2.24) is 9.47 Å². The van der Waals surface area contributed by atoms with Gasteiger partial charge in [0.2, 0.25) is 5.91 Å². The van der Waals surface area contributed by atoms with E-state index in [2.05, 4.69) is 20.9 Å². The number of carbonyl (C=O) groups excluding carboxylic acids is 1. The first-order valence-electron chi connectivity index (χ1n) is 8.07. The highest BCUT2D eigenvalue weighted by molar-refractivity contribution is 6.32. The van der Waals surface area contributed by atoms with Gasteiger partial charge in [0.05, 0.1) is 24.7 Å². The Morgan fingerprint density at radius 1 is 1.42 bits per heavy atom. The fourth-order valence-corrected chi connectivity index (χ4v) is 3.56. The second kappa shape index (κ2) is 7.28. The van der Waals surface area contributed by atoms with Crippen LogP contribution in [-0.4, -0.2) is 35.6 Å². The zero-order chi connectivity index (χ0) is 17.1. The van der Waals surface area contributed by atoms with E-state index in [1.165, 1.54) is 5.69 Å². The summed E-state index contributed by atoms with van der Waals surface area (Å²) in [5.74, 6) is 0.565. The number of nitrogens with one attached hydrogen (secondary N) is 1. The van der Waals surface area contributed by atoms with Crippen molar-refractivity contribution in [3.8, 4) is 5.75 Å². The molecule has 2 aromatic rings. The lowest BCUT2D eigenvalue weighted by molar-refractivity contribution is -0.117. The number of carbonyl (C=O) groups is 1. The third-order valence-electron chi connectivity index (χ3n) is 4.47. The quantitative estimate of drug-likeness (QED) is 0.901. The molecule has 1 aliphatic rings. The molecule has 6 heteroatoms. The van der Waals surface area contributed by atoms with Crippen LogP contribution in [0.5, 0.6) is 5.75 Å². The Labute approximate surface area is 147 Å². The maximum atomic E-state index is 12.4. The van der Waals surface area contributed by atoms with Crippen LogP contribution < -0.4 is 10.1 Å². The zero-order valence-corrected chi connectivity index (χ0v) is 14.7. The molecule has 5 nitrogen and oxygen atoms in total. The van der Waals surface area contributed by atoms with E-state index in [0.717, 1.165) is 19.4 Å². The number of hydrogen-bond donors (Lipinski definition) is 1. The smallest absolute Gasteiger partial charge is 0.238 e. The molecule has 1 aliphatic heterocycles. The molecule has 24 heavy (non-hydrogen) atoms. The second-order valence-electron chi connectivity index (χ2n) is 6.07. The van der Waals surface area contributed by atoms with Crippen LogP contribution in [0.3, 0.4) is 0 Å². The Bertz CT molecular complexity index is 729. The van der Waals surface area contributed by atoms with Gasteiger partial charge in [-0.25, -0.2) is 0 Å². The molecule has 0 saturated carbocycles. The largest absolute Gasteiger partial charge is 0.495 e. The highest BCUT2D eigenvalue weighted by atomic mass is 35.5. The summed E-state index contributed by atoms with van der Waals surface area (Å²) in [6.45, 7) is 1.31. The van der Waals surface area contributed by atoms with Crippen LogP contribution in [0.25, 0.3) is 0 Å². The lowest BCUT2D eigenvalue weighted by Crippen LogP contribution is -2.33. The second-order valence-corrected chi connectivity index (χ2v) is 6.48. The molecule has 1 saturated heterocycles. The summed E-state index contributed by atoms with van der Waals surface area (Å²) < 4.78 is 7.25. The van der Waals surface area contributed by atoms with Crippen LogP contribution in [0.4, 0.5) is 5.69 Å². The van der Waals surface area contributed by atoms with E-state index in [-0.39, 0.29) is 5.91 Å². The maximum absolute atomic E-state index is 12.4. The number of amides is 1. The average Bonchev–Trinajstić information content (AvgIpc) is 3.16. The molecule has 1 amide bonds. The summed E-state index contributed by atoms with van der Waals surface area (Å²) in [4.78, 5) is 14.6. The Morgan fingerprint density at radius 2 is 2.25 bits per heavy atom. The molecule has 0 bridgehead atoms. The number of anilines is 1. The topological polar surface area (TPSA) is 46.5 Å². The highest BCUT2D eigenvalue weighted by Gasteiger charge is 2.28. The molecule has 2 heterocycles. The standard InChI is InChI=1S/C18H22ClN3O2/c1-21-9-3-5-15(21)16-6-4-10-22(16)12-18(23)20-13-7-8-17(24-2)14(19)11-13/h3,5,7-9,11,16H,4,6,10,12H2,1-2H3,(H,20,23). The van der Waals surface area contributed by atoms with E-state index in [9.17, 15) is 4.79 Å². The lowest BCUT2D eigenvalue weighted by Gasteiger charge is -2.24. The number of rotatable bonds is 5. The number of ether oxygens (including phenoxy) is 1. The fraction of sp³-hybridized carbons (Fsp3) is 0.389. The van der Waals surface area contributed by atoms with Gasteiger partial charge in [0.1, 0.15) is 5.75 Å². The van der Waals surface area contributed by atoms with Crippen LogP contribution in [0, 0.1) is 0 Å². The van der Waals surface area contributed by atoms with Gasteiger partial charge in [0.15, 0.2) is 0 Å². The predicted octanol–water partition coefficient (Wildman–Crippen LogP) is 3.46. The van der Waals surface area contributed by atoms with Gasteiger partial charge in [-0.15, -0.1) is 0 Å². The van der Waals surface area contributed by atoms with Crippen molar-refractivity contribution < 1.29 is 9.53 Å². The lowest BCUT2D eigenvalue weighted by atomic mass is 10.1. The number of likely N-dealkylation sites (tertiary alicyclic amines) is 1. The summed E-state index contributed by atoms with van der Waals surface area (Å²) in [5.41, 5.74) is 1.94. The van der Waals surface area contributed by atoms with E-state index in [1.54, 1.807) is 25.3 Å². The summed E-state index contributed by atoms with van der Waals surface area (Å²) >= 11 is 6.10. The number of benzene rings is 1. The molecule has 1 fully saturated rings. The number of methoxy groups -OCH3 is 1. The van der Waals surface area contributed by atoms with Crippen molar-refractivity contribution in [2.75, 3.05) is 25.5 Å². The molecular formula is C18H22ClN3O2. The normalized spacial score (nSPS) is 17.9. The molecule has 1 N–H and O–H groups in total. The van der Waals surface area contributed by atoms with Crippen LogP contribution in [-0.2, 0) is 11.8 Å². The van der Waals surface area contributed by atoms with Crippen molar-refractivity contribution in [1.29, 1.82) is 0 Å². The number of aromatic nitrogens is 1. The first kappa shape index (κ1) is 16.9. The SMILES string of the molecule is COc1ccc(NC(=O)CN2CCCC2c2cccn2C)cc1Cl. The summed E-state index contributed by atoms with van der Waals surface area (Å²) in [6, 6.07) is 9.73. The Hall–Kier alpha value is -1.98. The van der Waals surface area contributed by atoms with Crippen molar-refractivity contribution in [2.24, 2.45) is 7.05 Å². The monoisotopic (exact) mass is 347 g/mol. The first-order chi connectivity index (χ1) is 11.6. The molecule has 1 unspecified atom stereocenters. The fourth-order valence-electron chi connectivity index (χ4n) is 3.30. The molecule has 128 valence electrons. The molecule has 0 spiro atoms. The molecule has 1 aromatic heterocycles. The van der Waals surface area contributed by atoms with Gasteiger partial charge in [-0.3, -0.25) is 9.69 Å². The van der Waals surface area contributed by atoms with Crippen LogP contribution in [0.15, 0.2) is 36.5 Å². The van der Waals surface area contributed by atoms with Crippen LogP contribution in [0.1, 0.15) is 24.6 Å². The third-order valence-corrected chi connectivity index (χ3v) is 4.77. The van der Waals surface area contributed by atoms with Gasteiger partial charge in [0.25, 0.3) is 0 Å². The minimum Gasteiger partial charge on any atom is -0.495 e.